The molecule has 1 aliphatic rings. The van der Waals surface area contributed by atoms with Crippen LogP contribution in [-0.4, -0.2) is 17.1 Å². The van der Waals surface area contributed by atoms with Crippen molar-refractivity contribution in [3.63, 3.8) is 0 Å². The first-order chi connectivity index (χ1) is 18.9. The van der Waals surface area contributed by atoms with Gasteiger partial charge in [0.1, 0.15) is 17.3 Å². The molecule has 0 aliphatic carbocycles. The van der Waals surface area contributed by atoms with Crippen LogP contribution in [0.15, 0.2) is 104 Å². The zero-order valence-corrected chi connectivity index (χ0v) is 22.0. The van der Waals surface area contributed by atoms with Crippen LogP contribution in [0.4, 0.5) is 4.39 Å². The van der Waals surface area contributed by atoms with E-state index in [-0.39, 0.29) is 18.0 Å². The Labute approximate surface area is 226 Å². The van der Waals surface area contributed by atoms with Gasteiger partial charge >= 0.3 is 5.97 Å². The van der Waals surface area contributed by atoms with Crippen LogP contribution in [0.3, 0.4) is 0 Å². The fourth-order valence-electron chi connectivity index (χ4n) is 4.90. The highest BCUT2D eigenvalue weighted by Gasteiger charge is 2.34. The van der Waals surface area contributed by atoms with Crippen molar-refractivity contribution in [2.45, 2.75) is 19.9 Å². The Balaban J connectivity index is 1.53. The Hall–Kier alpha value is -4.56. The van der Waals surface area contributed by atoms with Gasteiger partial charge in [-0.1, -0.05) is 53.8 Å². The van der Waals surface area contributed by atoms with Crippen molar-refractivity contribution in [1.82, 2.24) is 4.57 Å². The van der Waals surface area contributed by atoms with E-state index in [1.54, 1.807) is 48.8 Å². The van der Waals surface area contributed by atoms with Crippen LogP contribution in [-0.2, 0) is 9.53 Å². The third-order valence-corrected chi connectivity index (χ3v) is 7.65. The van der Waals surface area contributed by atoms with E-state index in [0.29, 0.717) is 32.1 Å². The minimum atomic E-state index is -0.708. The van der Waals surface area contributed by atoms with Crippen molar-refractivity contribution >= 4 is 34.2 Å². The molecular formula is C31H23FN2O4S. The van der Waals surface area contributed by atoms with Crippen LogP contribution in [0.2, 0.25) is 0 Å². The number of allylic oxidation sites excluding steroid dienone is 1. The maximum absolute atomic E-state index is 13.9. The summed E-state index contributed by atoms with van der Waals surface area (Å²) >= 11 is 1.23. The predicted molar refractivity (Wildman–Crippen MR) is 148 cm³/mol. The minimum Gasteiger partial charge on any atom is -0.463 e. The summed E-state index contributed by atoms with van der Waals surface area (Å²) in [4.78, 5) is 32.2. The van der Waals surface area contributed by atoms with Crippen LogP contribution in [0.5, 0.6) is 0 Å². The number of furan rings is 1. The molecule has 0 bridgehead atoms. The van der Waals surface area contributed by atoms with Crippen molar-refractivity contribution < 1.29 is 18.3 Å². The first-order valence-corrected chi connectivity index (χ1v) is 13.3. The number of benzene rings is 3. The first kappa shape index (κ1) is 24.8. The third kappa shape index (κ3) is 4.42. The number of thiazole rings is 1. The molecule has 3 aromatic carbocycles. The topological polar surface area (TPSA) is 73.8 Å². The lowest BCUT2D eigenvalue weighted by atomic mass is 9.91. The van der Waals surface area contributed by atoms with Crippen LogP contribution in [0.1, 0.15) is 31.2 Å². The van der Waals surface area contributed by atoms with Crippen molar-refractivity contribution in [3.8, 4) is 11.3 Å². The van der Waals surface area contributed by atoms with E-state index in [4.69, 9.17) is 9.15 Å². The number of ether oxygens (including phenoxy) is 1. The maximum atomic E-state index is 13.9. The lowest BCUT2D eigenvalue weighted by Crippen LogP contribution is -2.40. The standard InChI is InChI=1S/C31H23FN2O4S/c1-3-37-30(36)27-18(2)33-31-34(28(27)24-10-6-8-19-7-4-5-9-23(19)24)29(35)26(39-31)17-22-15-16-25(38-22)20-11-13-21(32)14-12-20/h4-17,28H,3H2,1-2H3/b26-17+/t28-/m0/s1. The third-order valence-electron chi connectivity index (χ3n) is 6.66. The molecule has 0 saturated carbocycles. The summed E-state index contributed by atoms with van der Waals surface area (Å²) in [5.41, 5.74) is 2.10. The van der Waals surface area contributed by atoms with Crippen molar-refractivity contribution in [2.75, 3.05) is 6.61 Å². The van der Waals surface area contributed by atoms with E-state index in [1.165, 1.54) is 23.5 Å². The largest absolute Gasteiger partial charge is 0.463 e. The average Bonchev–Trinajstić information content (AvgIpc) is 3.52. The number of fused-ring (bicyclic) bond motifs is 2. The number of rotatable bonds is 5. The molecular weight excluding hydrogens is 515 g/mol. The summed E-state index contributed by atoms with van der Waals surface area (Å²) in [7, 11) is 0. The van der Waals surface area contributed by atoms with Crippen molar-refractivity contribution in [3.05, 3.63) is 127 Å². The van der Waals surface area contributed by atoms with E-state index in [2.05, 4.69) is 4.99 Å². The molecule has 0 radical (unpaired) electrons. The number of hydrogen-bond donors (Lipinski definition) is 0. The van der Waals surface area contributed by atoms with Crippen LogP contribution in [0.25, 0.3) is 28.2 Å². The smallest absolute Gasteiger partial charge is 0.338 e. The summed E-state index contributed by atoms with van der Waals surface area (Å²) in [5.74, 6) is 0.205. The number of esters is 1. The van der Waals surface area contributed by atoms with Gasteiger partial charge in [-0.05, 0) is 66.6 Å². The lowest BCUT2D eigenvalue weighted by molar-refractivity contribution is -0.139. The van der Waals surface area contributed by atoms with Gasteiger partial charge in [-0.25, -0.2) is 14.2 Å². The van der Waals surface area contributed by atoms with E-state index in [9.17, 15) is 14.0 Å². The number of carbonyl (C=O) groups excluding carboxylic acids is 1. The predicted octanol–water partition coefficient (Wildman–Crippen LogP) is 5.35. The van der Waals surface area contributed by atoms with Gasteiger partial charge in [0.15, 0.2) is 4.80 Å². The molecule has 0 amide bonds. The number of aromatic nitrogens is 1. The second kappa shape index (κ2) is 9.96. The maximum Gasteiger partial charge on any atom is 0.338 e. The number of nitrogens with zero attached hydrogens (tertiary/aromatic N) is 2. The Morgan fingerprint density at radius 1 is 1.08 bits per heavy atom. The van der Waals surface area contributed by atoms with Gasteiger partial charge in [0.05, 0.1) is 28.5 Å². The fraction of sp³-hybridized carbons (Fsp3) is 0.129. The number of halogens is 1. The van der Waals surface area contributed by atoms with Gasteiger partial charge in [-0.2, -0.15) is 0 Å². The molecule has 6 rings (SSSR count). The van der Waals surface area contributed by atoms with Gasteiger partial charge in [-0.15, -0.1) is 0 Å². The minimum absolute atomic E-state index is 0.206. The van der Waals surface area contributed by atoms with E-state index < -0.39 is 12.0 Å². The second-order valence-electron chi connectivity index (χ2n) is 9.08. The molecule has 6 nitrogen and oxygen atoms in total. The molecule has 2 aromatic heterocycles. The van der Waals surface area contributed by atoms with Gasteiger partial charge in [0.2, 0.25) is 0 Å². The van der Waals surface area contributed by atoms with Crippen LogP contribution < -0.4 is 14.9 Å². The molecule has 0 unspecified atom stereocenters. The Morgan fingerprint density at radius 3 is 2.64 bits per heavy atom. The highest BCUT2D eigenvalue weighted by molar-refractivity contribution is 7.07. The Kier molecular flexibility index (Phi) is 6.32. The lowest BCUT2D eigenvalue weighted by Gasteiger charge is -2.25. The Bertz CT molecular complexity index is 1940. The molecule has 0 spiro atoms. The van der Waals surface area contributed by atoms with Gasteiger partial charge in [0.25, 0.3) is 5.56 Å². The van der Waals surface area contributed by atoms with Crippen molar-refractivity contribution in [1.29, 1.82) is 0 Å². The highest BCUT2D eigenvalue weighted by Crippen LogP contribution is 2.34. The SMILES string of the molecule is CCOC(=O)C1=C(C)N=c2s/c(=C/c3ccc(-c4ccc(F)cc4)o3)c(=O)n2[C@H]1c1cccc2ccccc12. The fourth-order valence-corrected chi connectivity index (χ4v) is 5.93. The van der Waals surface area contributed by atoms with Crippen LogP contribution in [0, 0.1) is 5.82 Å². The molecule has 3 heterocycles. The highest BCUT2D eigenvalue weighted by atomic mass is 32.1. The average molecular weight is 539 g/mol. The summed E-state index contributed by atoms with van der Waals surface area (Å²) < 4.78 is 26.7. The summed E-state index contributed by atoms with van der Waals surface area (Å²) in [6.07, 6.45) is 1.67. The monoisotopic (exact) mass is 538 g/mol. The molecule has 5 aromatic rings. The first-order valence-electron chi connectivity index (χ1n) is 12.5. The zero-order valence-electron chi connectivity index (χ0n) is 21.2. The number of carbonyl (C=O) groups is 1. The molecule has 0 fully saturated rings. The van der Waals surface area contributed by atoms with E-state index in [0.717, 1.165) is 21.9 Å². The molecule has 1 aliphatic heterocycles. The van der Waals surface area contributed by atoms with Gasteiger partial charge in [-0.3, -0.25) is 9.36 Å². The quantitative estimate of drug-likeness (QED) is 0.283. The molecule has 0 saturated heterocycles. The Morgan fingerprint density at radius 2 is 1.85 bits per heavy atom. The molecule has 0 N–H and O–H groups in total. The molecule has 1 atom stereocenters. The van der Waals surface area contributed by atoms with Gasteiger partial charge < -0.3 is 9.15 Å². The molecule has 8 heteroatoms. The zero-order chi connectivity index (χ0) is 27.1. The second-order valence-corrected chi connectivity index (χ2v) is 10.1. The number of hydrogen-bond acceptors (Lipinski definition) is 6. The summed E-state index contributed by atoms with van der Waals surface area (Å²) in [6.45, 7) is 3.72. The van der Waals surface area contributed by atoms with E-state index >= 15 is 0 Å². The van der Waals surface area contributed by atoms with Crippen LogP contribution >= 0.6 is 11.3 Å². The van der Waals surface area contributed by atoms with E-state index in [1.807, 2.05) is 42.5 Å². The molecule has 39 heavy (non-hydrogen) atoms. The van der Waals surface area contributed by atoms with Gasteiger partial charge in [0, 0.05) is 11.6 Å². The van der Waals surface area contributed by atoms with Crippen molar-refractivity contribution in [2.24, 2.45) is 4.99 Å². The summed E-state index contributed by atoms with van der Waals surface area (Å²) in [6, 6.07) is 22.6. The normalized spacial score (nSPS) is 15.4. The summed E-state index contributed by atoms with van der Waals surface area (Å²) in [5, 5.41) is 1.94. The molecule has 194 valence electrons.